The minimum atomic E-state index is -0.769. The van der Waals surface area contributed by atoms with Gasteiger partial charge in [0.2, 0.25) is 0 Å². The summed E-state index contributed by atoms with van der Waals surface area (Å²) in [5.41, 5.74) is 2.60. The van der Waals surface area contributed by atoms with E-state index in [9.17, 15) is 9.90 Å². The molecule has 1 aliphatic carbocycles. The molecule has 1 heterocycles. The van der Waals surface area contributed by atoms with E-state index in [1.807, 2.05) is 35.1 Å². The first-order valence-corrected chi connectivity index (χ1v) is 7.34. The number of hydrogen-bond donors (Lipinski definition) is 1. The smallest absolute Gasteiger partial charge is 0.309 e. The summed E-state index contributed by atoms with van der Waals surface area (Å²) in [4.78, 5) is 11.2. The summed E-state index contributed by atoms with van der Waals surface area (Å²) in [7, 11) is 0. The second kappa shape index (κ2) is 5.02. The molecule has 2 aromatic rings. The van der Waals surface area contributed by atoms with Gasteiger partial charge in [-0.2, -0.15) is 5.10 Å². The molecule has 4 nitrogen and oxygen atoms in total. The van der Waals surface area contributed by atoms with Gasteiger partial charge >= 0.3 is 5.97 Å². The summed E-state index contributed by atoms with van der Waals surface area (Å²) in [5, 5.41) is 13.6. The molecule has 1 fully saturated rings. The monoisotopic (exact) mass is 284 g/mol. The Bertz CT molecular complexity index is 652. The molecule has 1 N–H and O–H groups in total. The topological polar surface area (TPSA) is 55.1 Å². The van der Waals surface area contributed by atoms with Gasteiger partial charge in [-0.25, -0.2) is 4.68 Å². The van der Waals surface area contributed by atoms with Crippen molar-refractivity contribution >= 4 is 5.97 Å². The van der Waals surface area contributed by atoms with E-state index in [2.05, 4.69) is 11.2 Å². The summed E-state index contributed by atoms with van der Waals surface area (Å²) in [6.45, 7) is 3.50. The highest BCUT2D eigenvalue weighted by atomic mass is 16.4. The molecule has 21 heavy (non-hydrogen) atoms. The maximum atomic E-state index is 11.2. The Hall–Kier alpha value is -2.10. The molecule has 0 spiro atoms. The molecule has 0 aliphatic heterocycles. The first-order chi connectivity index (χ1) is 9.97. The Labute approximate surface area is 124 Å². The van der Waals surface area contributed by atoms with Gasteiger partial charge in [-0.15, -0.1) is 0 Å². The number of aliphatic carboxylic acids is 1. The fraction of sp³-hybridized carbons (Fsp3) is 0.412. The number of carboxylic acid groups (broad SMARTS) is 1. The van der Waals surface area contributed by atoms with E-state index in [4.69, 9.17) is 0 Å². The fourth-order valence-electron chi connectivity index (χ4n) is 2.56. The van der Waals surface area contributed by atoms with Gasteiger partial charge in [0, 0.05) is 17.8 Å². The second-order valence-electron chi connectivity index (χ2n) is 6.47. The van der Waals surface area contributed by atoms with Gasteiger partial charge in [0.05, 0.1) is 11.1 Å². The van der Waals surface area contributed by atoms with Crippen LogP contribution < -0.4 is 0 Å². The van der Waals surface area contributed by atoms with Gasteiger partial charge in [0.1, 0.15) is 0 Å². The highest BCUT2D eigenvalue weighted by Crippen LogP contribution is 2.40. The molecule has 4 heteroatoms. The van der Waals surface area contributed by atoms with Crippen molar-refractivity contribution in [2.45, 2.75) is 39.0 Å². The zero-order chi connectivity index (χ0) is 15.0. The van der Waals surface area contributed by atoms with Crippen LogP contribution in [0, 0.1) is 5.41 Å². The van der Waals surface area contributed by atoms with Gasteiger partial charge in [0.15, 0.2) is 0 Å². The van der Waals surface area contributed by atoms with Gasteiger partial charge in [-0.3, -0.25) is 4.79 Å². The molecule has 0 atom stereocenters. The van der Waals surface area contributed by atoms with Crippen LogP contribution in [0.3, 0.4) is 0 Å². The number of aromatic nitrogens is 2. The van der Waals surface area contributed by atoms with Crippen LogP contribution in [0.2, 0.25) is 0 Å². The summed E-state index contributed by atoms with van der Waals surface area (Å²) in [5.74, 6) is -0.118. The Morgan fingerprint density at radius 2 is 1.95 bits per heavy atom. The van der Waals surface area contributed by atoms with Crippen molar-refractivity contribution in [2.24, 2.45) is 5.41 Å². The first kappa shape index (κ1) is 13.9. The van der Waals surface area contributed by atoms with Crippen LogP contribution in [0.1, 0.15) is 43.9 Å². The average molecular weight is 284 g/mol. The summed E-state index contributed by atoms with van der Waals surface area (Å²) >= 11 is 0. The number of benzene rings is 1. The predicted molar refractivity (Wildman–Crippen MR) is 80.7 cm³/mol. The predicted octanol–water partition coefficient (Wildman–Crippen LogP) is 3.40. The number of hydrogen-bond acceptors (Lipinski definition) is 2. The van der Waals surface area contributed by atoms with Crippen LogP contribution in [0.5, 0.6) is 0 Å². The molecular formula is C17H20N2O2. The first-order valence-electron chi connectivity index (χ1n) is 7.34. The van der Waals surface area contributed by atoms with Crippen molar-refractivity contribution in [2.75, 3.05) is 0 Å². The molecule has 1 aliphatic rings. The minimum absolute atomic E-state index is 0.525. The van der Waals surface area contributed by atoms with Gasteiger partial charge in [-0.05, 0) is 56.9 Å². The molecule has 0 bridgehead atoms. The Morgan fingerprint density at radius 1 is 1.29 bits per heavy atom. The molecule has 0 unspecified atom stereocenters. The Morgan fingerprint density at radius 3 is 2.52 bits per heavy atom. The van der Waals surface area contributed by atoms with Crippen LogP contribution in [0.25, 0.3) is 5.69 Å². The summed E-state index contributed by atoms with van der Waals surface area (Å²) < 4.78 is 1.99. The number of carbonyl (C=O) groups is 1. The molecule has 0 saturated heterocycles. The fourth-order valence-corrected chi connectivity index (χ4v) is 2.56. The zero-order valence-electron chi connectivity index (χ0n) is 12.4. The SMILES string of the molecule is CC(C)(Cc1ccc(-n2nccc2C2CC2)cc1)C(=O)O. The van der Waals surface area contributed by atoms with E-state index >= 15 is 0 Å². The van der Waals surface area contributed by atoms with Crippen LogP contribution in [0.4, 0.5) is 0 Å². The highest BCUT2D eigenvalue weighted by Gasteiger charge is 2.28. The van der Waals surface area contributed by atoms with E-state index < -0.39 is 11.4 Å². The maximum absolute atomic E-state index is 11.2. The van der Waals surface area contributed by atoms with E-state index in [1.54, 1.807) is 13.8 Å². The van der Waals surface area contributed by atoms with Gasteiger partial charge < -0.3 is 5.11 Å². The van der Waals surface area contributed by atoms with Crippen molar-refractivity contribution < 1.29 is 9.90 Å². The minimum Gasteiger partial charge on any atom is -0.481 e. The average Bonchev–Trinajstić information content (AvgIpc) is 3.17. The Balaban J connectivity index is 1.81. The summed E-state index contributed by atoms with van der Waals surface area (Å²) in [6, 6.07) is 10.1. The van der Waals surface area contributed by atoms with Crippen LogP contribution >= 0.6 is 0 Å². The lowest BCUT2D eigenvalue weighted by Crippen LogP contribution is -2.26. The van der Waals surface area contributed by atoms with Crippen molar-refractivity contribution in [1.82, 2.24) is 9.78 Å². The molecule has 1 saturated carbocycles. The largest absolute Gasteiger partial charge is 0.481 e. The quantitative estimate of drug-likeness (QED) is 0.915. The lowest BCUT2D eigenvalue weighted by molar-refractivity contribution is -0.146. The molecule has 0 radical (unpaired) electrons. The van der Waals surface area contributed by atoms with Crippen LogP contribution in [-0.4, -0.2) is 20.9 Å². The number of rotatable bonds is 5. The molecule has 0 amide bonds. The molecule has 110 valence electrons. The third-order valence-corrected chi connectivity index (χ3v) is 4.07. The van der Waals surface area contributed by atoms with E-state index in [1.165, 1.54) is 18.5 Å². The van der Waals surface area contributed by atoms with Crippen LogP contribution in [-0.2, 0) is 11.2 Å². The zero-order valence-corrected chi connectivity index (χ0v) is 12.4. The lowest BCUT2D eigenvalue weighted by atomic mass is 9.86. The summed E-state index contributed by atoms with van der Waals surface area (Å²) in [6.07, 6.45) is 4.86. The standard InChI is InChI=1S/C17H20N2O2/c1-17(2,16(20)21)11-12-3-7-14(8-4-12)19-15(9-10-18-19)13-5-6-13/h3-4,7-10,13H,5-6,11H2,1-2H3,(H,20,21). The Kier molecular flexibility index (Phi) is 3.32. The third kappa shape index (κ3) is 2.84. The van der Waals surface area contributed by atoms with Crippen LogP contribution in [0.15, 0.2) is 36.5 Å². The van der Waals surface area contributed by atoms with Gasteiger partial charge in [0.25, 0.3) is 0 Å². The van der Waals surface area contributed by atoms with Gasteiger partial charge in [-0.1, -0.05) is 12.1 Å². The van der Waals surface area contributed by atoms with E-state index in [0.717, 1.165) is 11.3 Å². The number of nitrogens with zero attached hydrogens (tertiary/aromatic N) is 2. The van der Waals surface area contributed by atoms with Crippen molar-refractivity contribution in [3.63, 3.8) is 0 Å². The van der Waals surface area contributed by atoms with Crippen molar-refractivity contribution in [3.05, 3.63) is 47.8 Å². The van der Waals surface area contributed by atoms with Crippen molar-refractivity contribution in [1.29, 1.82) is 0 Å². The highest BCUT2D eigenvalue weighted by molar-refractivity contribution is 5.74. The van der Waals surface area contributed by atoms with E-state index in [0.29, 0.717) is 12.3 Å². The maximum Gasteiger partial charge on any atom is 0.309 e. The molecular weight excluding hydrogens is 264 g/mol. The molecule has 3 rings (SSSR count). The van der Waals surface area contributed by atoms with Crippen molar-refractivity contribution in [3.8, 4) is 5.69 Å². The lowest BCUT2D eigenvalue weighted by Gasteiger charge is -2.19. The molecule has 1 aromatic carbocycles. The second-order valence-corrected chi connectivity index (χ2v) is 6.47. The number of carboxylic acids is 1. The van der Waals surface area contributed by atoms with E-state index in [-0.39, 0.29) is 0 Å². The normalized spacial score (nSPS) is 15.1. The third-order valence-electron chi connectivity index (χ3n) is 4.07. The molecule has 1 aromatic heterocycles.